The van der Waals surface area contributed by atoms with Gasteiger partial charge >= 0.3 is 5.97 Å². The molecule has 11 heteroatoms. The molecule has 1 amide bonds. The summed E-state index contributed by atoms with van der Waals surface area (Å²) < 4.78 is 37.4. The van der Waals surface area contributed by atoms with Gasteiger partial charge in [-0.05, 0) is 52.2 Å². The fraction of sp³-hybridized carbons (Fsp3) is 0.526. The van der Waals surface area contributed by atoms with Crippen molar-refractivity contribution < 1.29 is 27.3 Å². The maximum absolute atomic E-state index is 13.0. The van der Waals surface area contributed by atoms with Crippen molar-refractivity contribution in [2.24, 2.45) is 5.92 Å². The zero-order valence-electron chi connectivity index (χ0n) is 17.4. The number of carbonyl (C=O) groups is 2. The normalized spacial score (nSPS) is 17.7. The van der Waals surface area contributed by atoms with Crippen LogP contribution in [0.15, 0.2) is 15.5 Å². The highest BCUT2D eigenvalue weighted by Gasteiger charge is 2.36. The molecule has 9 nitrogen and oxygen atoms in total. The van der Waals surface area contributed by atoms with Crippen molar-refractivity contribution in [1.82, 2.24) is 9.46 Å². The van der Waals surface area contributed by atoms with Crippen molar-refractivity contribution in [2.45, 2.75) is 45.4 Å². The molecule has 1 N–H and O–H groups in total. The van der Waals surface area contributed by atoms with E-state index < -0.39 is 21.9 Å². The van der Waals surface area contributed by atoms with Crippen molar-refractivity contribution in [3.8, 4) is 0 Å². The molecule has 1 unspecified atom stereocenters. The third kappa shape index (κ3) is 4.42. The van der Waals surface area contributed by atoms with Crippen LogP contribution in [-0.4, -0.2) is 49.5 Å². The second kappa shape index (κ2) is 8.86. The molecule has 1 aliphatic rings. The van der Waals surface area contributed by atoms with E-state index in [2.05, 4.69) is 10.5 Å². The number of rotatable bonds is 6. The van der Waals surface area contributed by atoms with E-state index in [1.165, 1.54) is 4.31 Å². The number of anilines is 1. The van der Waals surface area contributed by atoms with Gasteiger partial charge in [-0.15, -0.1) is 11.3 Å². The average molecular weight is 456 g/mol. The Labute approximate surface area is 179 Å². The lowest BCUT2D eigenvalue weighted by Gasteiger charge is -2.31. The van der Waals surface area contributed by atoms with Crippen molar-refractivity contribution in [2.75, 3.05) is 25.0 Å². The lowest BCUT2D eigenvalue weighted by molar-refractivity contribution is -0.120. The van der Waals surface area contributed by atoms with Crippen LogP contribution in [-0.2, 0) is 19.6 Å². The molecule has 1 atom stereocenters. The molecule has 0 aromatic carbocycles. The third-order valence-electron chi connectivity index (χ3n) is 4.95. The van der Waals surface area contributed by atoms with E-state index in [1.54, 1.807) is 33.8 Å². The minimum atomic E-state index is -3.80. The lowest BCUT2D eigenvalue weighted by Crippen LogP contribution is -2.43. The molecular weight excluding hydrogens is 430 g/mol. The third-order valence-corrected chi connectivity index (χ3v) is 8.19. The summed E-state index contributed by atoms with van der Waals surface area (Å²) in [6.07, 6.45) is 1.15. The first-order valence-corrected chi connectivity index (χ1v) is 11.9. The summed E-state index contributed by atoms with van der Waals surface area (Å²) in [4.78, 5) is 25.3. The van der Waals surface area contributed by atoms with E-state index in [-0.39, 0.29) is 29.7 Å². The summed E-state index contributed by atoms with van der Waals surface area (Å²) >= 11 is 1.15. The van der Waals surface area contributed by atoms with Crippen molar-refractivity contribution in [3.63, 3.8) is 0 Å². The summed E-state index contributed by atoms with van der Waals surface area (Å²) in [5, 5.41) is 7.08. The molecule has 30 heavy (non-hydrogen) atoms. The van der Waals surface area contributed by atoms with Gasteiger partial charge in [0.1, 0.15) is 15.5 Å². The number of aromatic nitrogens is 1. The molecule has 0 radical (unpaired) electrons. The van der Waals surface area contributed by atoms with Gasteiger partial charge in [-0.2, -0.15) is 4.31 Å². The number of hydrogen-bond acceptors (Lipinski definition) is 8. The SMILES string of the molecule is CCOC(=O)c1sc(NC(=O)C2CCCN(S(=O)(=O)c3c(C)noc3C)C2)cc1C. The van der Waals surface area contributed by atoms with E-state index >= 15 is 0 Å². The van der Waals surface area contributed by atoms with Gasteiger partial charge in [0.2, 0.25) is 15.9 Å². The number of amides is 1. The molecule has 1 saturated heterocycles. The second-order valence-electron chi connectivity index (χ2n) is 7.19. The van der Waals surface area contributed by atoms with Gasteiger partial charge in [0, 0.05) is 13.1 Å². The van der Waals surface area contributed by atoms with Gasteiger partial charge in [0.15, 0.2) is 5.76 Å². The number of thiophene rings is 1. The number of hydrogen-bond donors (Lipinski definition) is 1. The minimum absolute atomic E-state index is 0.0662. The maximum atomic E-state index is 13.0. The highest BCUT2D eigenvalue weighted by Crippen LogP contribution is 2.30. The van der Waals surface area contributed by atoms with Crippen LogP contribution in [0.5, 0.6) is 0 Å². The molecule has 3 heterocycles. The van der Waals surface area contributed by atoms with Crippen LogP contribution < -0.4 is 5.32 Å². The summed E-state index contributed by atoms with van der Waals surface area (Å²) in [6.45, 7) is 7.33. The lowest BCUT2D eigenvalue weighted by atomic mass is 9.99. The summed E-state index contributed by atoms with van der Waals surface area (Å²) in [6, 6.07) is 1.72. The Balaban J connectivity index is 1.72. The number of nitrogens with one attached hydrogen (secondary N) is 1. The number of carbonyl (C=O) groups excluding carboxylic acids is 2. The van der Waals surface area contributed by atoms with Gasteiger partial charge in [0.05, 0.1) is 17.5 Å². The van der Waals surface area contributed by atoms with E-state index in [9.17, 15) is 18.0 Å². The number of ether oxygens (including phenoxy) is 1. The predicted molar refractivity (Wildman–Crippen MR) is 111 cm³/mol. The van der Waals surface area contributed by atoms with Crippen LogP contribution in [0.1, 0.15) is 46.5 Å². The maximum Gasteiger partial charge on any atom is 0.348 e. The van der Waals surface area contributed by atoms with Crippen LogP contribution in [0, 0.1) is 26.7 Å². The van der Waals surface area contributed by atoms with E-state index in [0.29, 0.717) is 35.0 Å². The Morgan fingerprint density at radius 2 is 2.10 bits per heavy atom. The predicted octanol–water partition coefficient (Wildman–Crippen LogP) is 2.88. The van der Waals surface area contributed by atoms with E-state index in [4.69, 9.17) is 9.26 Å². The smallest absolute Gasteiger partial charge is 0.348 e. The number of aryl methyl sites for hydroxylation is 3. The van der Waals surface area contributed by atoms with E-state index in [1.807, 2.05) is 0 Å². The standard InChI is InChI=1S/C19H25N3O6S2/c1-5-27-19(24)16-11(2)9-15(29-16)20-18(23)14-7-6-8-22(10-14)30(25,26)17-12(3)21-28-13(17)4/h9,14H,5-8,10H2,1-4H3,(H,20,23). The molecule has 0 bridgehead atoms. The molecule has 2 aromatic heterocycles. The molecule has 2 aromatic rings. The Morgan fingerprint density at radius 3 is 2.73 bits per heavy atom. The molecule has 164 valence electrons. The minimum Gasteiger partial charge on any atom is -0.462 e. The molecule has 0 spiro atoms. The zero-order valence-corrected chi connectivity index (χ0v) is 19.0. The number of piperidine rings is 1. The molecule has 0 aliphatic carbocycles. The van der Waals surface area contributed by atoms with Crippen molar-refractivity contribution in [1.29, 1.82) is 0 Å². The second-order valence-corrected chi connectivity index (χ2v) is 10.1. The number of esters is 1. The Hall–Kier alpha value is -2.24. The Bertz CT molecular complexity index is 1040. The zero-order chi connectivity index (χ0) is 22.1. The van der Waals surface area contributed by atoms with Gasteiger partial charge in [-0.1, -0.05) is 5.16 Å². The quantitative estimate of drug-likeness (QED) is 0.665. The van der Waals surface area contributed by atoms with Crippen molar-refractivity contribution in [3.05, 3.63) is 28.0 Å². The first-order chi connectivity index (χ1) is 14.1. The van der Waals surface area contributed by atoms with Gasteiger partial charge < -0.3 is 14.6 Å². The van der Waals surface area contributed by atoms with Crippen LogP contribution in [0.4, 0.5) is 5.00 Å². The Kier molecular flexibility index (Phi) is 6.63. The first-order valence-electron chi connectivity index (χ1n) is 9.66. The first kappa shape index (κ1) is 22.4. The molecule has 1 aliphatic heterocycles. The fourth-order valence-electron chi connectivity index (χ4n) is 3.51. The number of nitrogens with zero attached hydrogens (tertiary/aromatic N) is 2. The molecule has 0 saturated carbocycles. The van der Waals surface area contributed by atoms with E-state index in [0.717, 1.165) is 16.9 Å². The van der Waals surface area contributed by atoms with Gasteiger partial charge in [0.25, 0.3) is 0 Å². The average Bonchev–Trinajstić information content (AvgIpc) is 3.23. The van der Waals surface area contributed by atoms with Crippen LogP contribution in [0.2, 0.25) is 0 Å². The molecule has 3 rings (SSSR count). The number of sulfonamides is 1. The van der Waals surface area contributed by atoms with Crippen LogP contribution >= 0.6 is 11.3 Å². The summed E-state index contributed by atoms with van der Waals surface area (Å²) in [5.74, 6) is -0.956. The fourth-order valence-corrected chi connectivity index (χ4v) is 6.30. The monoisotopic (exact) mass is 455 g/mol. The highest BCUT2D eigenvalue weighted by molar-refractivity contribution is 7.89. The molecular formula is C19H25N3O6S2. The van der Waals surface area contributed by atoms with Crippen molar-refractivity contribution >= 4 is 38.2 Å². The highest BCUT2D eigenvalue weighted by atomic mass is 32.2. The van der Waals surface area contributed by atoms with Gasteiger partial charge in [-0.25, -0.2) is 13.2 Å². The van der Waals surface area contributed by atoms with Crippen LogP contribution in [0.3, 0.4) is 0 Å². The van der Waals surface area contributed by atoms with Gasteiger partial charge in [-0.3, -0.25) is 4.79 Å². The topological polar surface area (TPSA) is 119 Å². The Morgan fingerprint density at radius 1 is 1.37 bits per heavy atom. The largest absolute Gasteiger partial charge is 0.462 e. The van der Waals surface area contributed by atoms with Crippen LogP contribution in [0.25, 0.3) is 0 Å². The summed E-state index contributed by atoms with van der Waals surface area (Å²) in [7, 11) is -3.80. The summed E-state index contributed by atoms with van der Waals surface area (Å²) in [5.41, 5.74) is 1.03. The molecule has 1 fully saturated rings.